The molecule has 1 aromatic heterocycles. The number of hydrogen-bond acceptors (Lipinski definition) is 5. The molecule has 5 heteroatoms. The van der Waals surface area contributed by atoms with Gasteiger partial charge >= 0.3 is 0 Å². The Morgan fingerprint density at radius 1 is 1.11 bits per heavy atom. The molecule has 138 valence electrons. The van der Waals surface area contributed by atoms with E-state index in [9.17, 15) is 5.11 Å². The third kappa shape index (κ3) is 3.13. The molecule has 0 saturated carbocycles. The van der Waals surface area contributed by atoms with Gasteiger partial charge in [0.25, 0.3) is 0 Å². The summed E-state index contributed by atoms with van der Waals surface area (Å²) in [6.07, 6.45) is 4.27. The highest BCUT2D eigenvalue weighted by Gasteiger charge is 2.30. The number of hydrogen-bond donors (Lipinski definition) is 1. The summed E-state index contributed by atoms with van der Waals surface area (Å²) in [7, 11) is 0. The van der Waals surface area contributed by atoms with Crippen LogP contribution < -0.4 is 9.47 Å². The topological polar surface area (TPSA) is 54.8 Å². The van der Waals surface area contributed by atoms with Crippen molar-refractivity contribution in [2.24, 2.45) is 0 Å². The number of piperidine rings is 1. The first kappa shape index (κ1) is 16.5. The second-order valence-electron chi connectivity index (χ2n) is 7.32. The number of β-amino-alcohol motifs (C(OH)–C–C–N with tert-alkyl or cyclic N) is 1. The van der Waals surface area contributed by atoms with Gasteiger partial charge in [-0.2, -0.15) is 0 Å². The van der Waals surface area contributed by atoms with Gasteiger partial charge < -0.3 is 14.6 Å². The Hall–Kier alpha value is -2.63. The Morgan fingerprint density at radius 2 is 2.04 bits per heavy atom. The summed E-state index contributed by atoms with van der Waals surface area (Å²) < 4.78 is 10.9. The summed E-state index contributed by atoms with van der Waals surface area (Å²) in [6, 6.07) is 14.4. The maximum Gasteiger partial charge on any atom is 0.231 e. The molecule has 3 aromatic rings. The molecule has 1 fully saturated rings. The van der Waals surface area contributed by atoms with Gasteiger partial charge in [-0.15, -0.1) is 0 Å². The zero-order valence-electron chi connectivity index (χ0n) is 15.0. The molecule has 3 heterocycles. The molecule has 0 unspecified atom stereocenters. The third-order valence-corrected chi connectivity index (χ3v) is 5.66. The van der Waals surface area contributed by atoms with Crippen LogP contribution >= 0.6 is 0 Å². The number of rotatable bonds is 3. The van der Waals surface area contributed by atoms with Crippen molar-refractivity contribution in [2.75, 3.05) is 19.9 Å². The highest BCUT2D eigenvalue weighted by atomic mass is 16.7. The molecule has 5 nitrogen and oxygen atoms in total. The smallest absolute Gasteiger partial charge is 0.231 e. The van der Waals surface area contributed by atoms with Crippen LogP contribution in [0.4, 0.5) is 0 Å². The number of ether oxygens (including phenoxy) is 2. The monoisotopic (exact) mass is 362 g/mol. The van der Waals surface area contributed by atoms with Crippen molar-refractivity contribution in [2.45, 2.75) is 25.0 Å². The first-order valence-electron chi connectivity index (χ1n) is 9.39. The number of pyridine rings is 1. The summed E-state index contributed by atoms with van der Waals surface area (Å²) in [5, 5.41) is 13.2. The summed E-state index contributed by atoms with van der Waals surface area (Å²) in [5.41, 5.74) is 2.41. The minimum atomic E-state index is -0.393. The van der Waals surface area contributed by atoms with Crippen molar-refractivity contribution in [3.05, 3.63) is 66.0 Å². The van der Waals surface area contributed by atoms with Crippen LogP contribution in [0.15, 0.2) is 54.9 Å². The van der Waals surface area contributed by atoms with Crippen LogP contribution in [-0.4, -0.2) is 41.0 Å². The SMILES string of the molecule is O[C@@H]1CN(Cc2cccc3cnccc23)CC[C@H]1c1ccc2c(c1)OCO2. The lowest BCUT2D eigenvalue weighted by molar-refractivity contribution is 0.0478. The molecular weight excluding hydrogens is 340 g/mol. The van der Waals surface area contributed by atoms with Crippen LogP contribution in [-0.2, 0) is 6.54 Å². The van der Waals surface area contributed by atoms with Gasteiger partial charge in [0.05, 0.1) is 6.10 Å². The van der Waals surface area contributed by atoms with Crippen LogP contribution in [0, 0.1) is 0 Å². The largest absolute Gasteiger partial charge is 0.454 e. The Morgan fingerprint density at radius 3 is 2.96 bits per heavy atom. The Balaban J connectivity index is 1.31. The van der Waals surface area contributed by atoms with Crippen molar-refractivity contribution < 1.29 is 14.6 Å². The van der Waals surface area contributed by atoms with Gasteiger partial charge in [0.15, 0.2) is 11.5 Å². The standard InChI is InChI=1S/C22H22N2O3/c25-20-13-24(12-17-3-1-2-16-11-23-8-6-18(16)17)9-7-19(20)15-4-5-21-22(10-15)27-14-26-21/h1-6,8,10-11,19-20,25H,7,9,12-14H2/t19-,20+/m0/s1. The van der Waals surface area contributed by atoms with E-state index in [-0.39, 0.29) is 12.7 Å². The predicted molar refractivity (Wildman–Crippen MR) is 103 cm³/mol. The van der Waals surface area contributed by atoms with E-state index in [1.807, 2.05) is 24.5 Å². The van der Waals surface area contributed by atoms with E-state index < -0.39 is 6.10 Å². The van der Waals surface area contributed by atoms with Crippen molar-refractivity contribution in [3.63, 3.8) is 0 Å². The van der Waals surface area contributed by atoms with Gasteiger partial charge in [0.1, 0.15) is 0 Å². The van der Waals surface area contributed by atoms with Crippen molar-refractivity contribution >= 4 is 10.8 Å². The van der Waals surface area contributed by atoms with Crippen molar-refractivity contribution in [1.82, 2.24) is 9.88 Å². The summed E-state index contributed by atoms with van der Waals surface area (Å²) >= 11 is 0. The number of aliphatic hydroxyl groups is 1. The van der Waals surface area contributed by atoms with Crippen LogP contribution in [0.25, 0.3) is 10.8 Å². The normalized spacial score (nSPS) is 22.3. The van der Waals surface area contributed by atoms with E-state index in [2.05, 4.69) is 40.2 Å². The van der Waals surface area contributed by atoms with Crippen LogP contribution in [0.5, 0.6) is 11.5 Å². The third-order valence-electron chi connectivity index (χ3n) is 5.66. The fourth-order valence-corrected chi connectivity index (χ4v) is 4.24. The van der Waals surface area contributed by atoms with Gasteiger partial charge in [-0.1, -0.05) is 24.3 Å². The van der Waals surface area contributed by atoms with Gasteiger partial charge in [0.2, 0.25) is 6.79 Å². The molecule has 2 aliphatic rings. The van der Waals surface area contributed by atoms with Crippen molar-refractivity contribution in [1.29, 1.82) is 0 Å². The molecule has 2 aromatic carbocycles. The first-order valence-corrected chi connectivity index (χ1v) is 9.39. The maximum absolute atomic E-state index is 10.8. The van der Waals surface area contributed by atoms with Crippen molar-refractivity contribution in [3.8, 4) is 11.5 Å². The minimum Gasteiger partial charge on any atom is -0.454 e. The zero-order valence-corrected chi connectivity index (χ0v) is 15.0. The Labute approximate surface area is 158 Å². The molecule has 2 aliphatic heterocycles. The van der Waals surface area contributed by atoms with E-state index in [1.54, 1.807) is 0 Å². The number of likely N-dealkylation sites (tertiary alicyclic amines) is 1. The van der Waals surface area contributed by atoms with E-state index >= 15 is 0 Å². The average molecular weight is 362 g/mol. The van der Waals surface area contributed by atoms with Gasteiger partial charge in [-0.3, -0.25) is 9.88 Å². The first-order chi connectivity index (χ1) is 13.3. The number of benzene rings is 2. The molecule has 1 saturated heterocycles. The molecule has 0 aliphatic carbocycles. The molecule has 1 N–H and O–H groups in total. The molecule has 0 radical (unpaired) electrons. The highest BCUT2D eigenvalue weighted by Crippen LogP contribution is 2.37. The molecule has 0 amide bonds. The van der Waals surface area contributed by atoms with Gasteiger partial charge in [-0.25, -0.2) is 0 Å². The Bertz CT molecular complexity index is 969. The fourth-order valence-electron chi connectivity index (χ4n) is 4.24. The van der Waals surface area contributed by atoms with Gasteiger partial charge in [0, 0.05) is 36.8 Å². The lowest BCUT2D eigenvalue weighted by Gasteiger charge is -2.36. The lowest BCUT2D eigenvalue weighted by atomic mass is 9.86. The second kappa shape index (κ2) is 6.83. The van der Waals surface area contributed by atoms with E-state index in [0.29, 0.717) is 6.54 Å². The zero-order chi connectivity index (χ0) is 18.2. The Kier molecular flexibility index (Phi) is 4.19. The predicted octanol–water partition coefficient (Wildman–Crippen LogP) is 3.31. The van der Waals surface area contributed by atoms with Crippen LogP contribution in [0.2, 0.25) is 0 Å². The summed E-state index contributed by atoms with van der Waals surface area (Å²) in [5.74, 6) is 1.70. The maximum atomic E-state index is 10.8. The number of nitrogens with zero attached hydrogens (tertiary/aromatic N) is 2. The molecule has 0 spiro atoms. The quantitative estimate of drug-likeness (QED) is 0.775. The van der Waals surface area contributed by atoms with E-state index in [4.69, 9.17) is 9.47 Å². The molecule has 0 bridgehead atoms. The fraction of sp³-hybridized carbons (Fsp3) is 0.318. The molecule has 2 atom stereocenters. The van der Waals surface area contributed by atoms with E-state index in [0.717, 1.165) is 42.0 Å². The highest BCUT2D eigenvalue weighted by molar-refractivity contribution is 5.84. The average Bonchev–Trinajstić information content (AvgIpc) is 3.16. The van der Waals surface area contributed by atoms with Gasteiger partial charge in [-0.05, 0) is 47.7 Å². The molecule has 5 rings (SSSR count). The van der Waals surface area contributed by atoms with Crippen LogP contribution in [0.3, 0.4) is 0 Å². The van der Waals surface area contributed by atoms with Crippen LogP contribution in [0.1, 0.15) is 23.5 Å². The molecular formula is C22H22N2O3. The second-order valence-corrected chi connectivity index (χ2v) is 7.32. The number of aromatic nitrogens is 1. The minimum absolute atomic E-state index is 0.132. The number of fused-ring (bicyclic) bond motifs is 2. The van der Waals surface area contributed by atoms with E-state index in [1.165, 1.54) is 10.9 Å². The molecule has 27 heavy (non-hydrogen) atoms. The summed E-state index contributed by atoms with van der Waals surface area (Å²) in [4.78, 5) is 6.54. The lowest BCUT2D eigenvalue weighted by Crippen LogP contribution is -2.42. The number of aliphatic hydroxyl groups excluding tert-OH is 1. The summed E-state index contributed by atoms with van der Waals surface area (Å²) in [6.45, 7) is 2.74.